The van der Waals surface area contributed by atoms with Gasteiger partial charge in [0.25, 0.3) is 0 Å². The zero-order valence-electron chi connectivity index (χ0n) is 13.9. The van der Waals surface area contributed by atoms with Crippen LogP contribution in [0.25, 0.3) is 0 Å². The Labute approximate surface area is 129 Å². The molecule has 1 N–H and O–H groups in total. The van der Waals surface area contributed by atoms with Crippen LogP contribution in [0, 0.1) is 0 Å². The molecular weight excluding hydrogens is 260 g/mol. The molecule has 21 heavy (non-hydrogen) atoms. The highest BCUT2D eigenvalue weighted by molar-refractivity contribution is 5.38. The van der Waals surface area contributed by atoms with E-state index in [9.17, 15) is 0 Å². The molecule has 1 aliphatic heterocycles. The van der Waals surface area contributed by atoms with E-state index in [2.05, 4.69) is 62.2 Å². The number of nitrogens with one attached hydrogen (secondary N) is 1. The fourth-order valence-electron chi connectivity index (χ4n) is 3.25. The summed E-state index contributed by atoms with van der Waals surface area (Å²) in [5.41, 5.74) is 1.31. The summed E-state index contributed by atoms with van der Waals surface area (Å²) in [5.74, 6) is 1.04. The first kappa shape index (κ1) is 16.3. The van der Waals surface area contributed by atoms with Gasteiger partial charge in [-0.1, -0.05) is 32.0 Å². The van der Waals surface area contributed by atoms with E-state index < -0.39 is 0 Å². The first-order valence-electron chi connectivity index (χ1n) is 8.39. The van der Waals surface area contributed by atoms with E-state index in [-0.39, 0.29) is 0 Å². The van der Waals surface area contributed by atoms with Crippen molar-refractivity contribution in [3.8, 4) is 5.75 Å². The Bertz CT molecular complexity index is 433. The van der Waals surface area contributed by atoms with E-state index in [0.29, 0.717) is 18.1 Å². The Hall–Kier alpha value is -1.06. The lowest BCUT2D eigenvalue weighted by molar-refractivity contribution is 0.0625. The van der Waals surface area contributed by atoms with Crippen LogP contribution < -0.4 is 10.1 Å². The molecule has 0 radical (unpaired) electrons. The number of hydrogen-bond donors (Lipinski definition) is 1. The molecule has 3 nitrogen and oxygen atoms in total. The summed E-state index contributed by atoms with van der Waals surface area (Å²) in [7, 11) is 0. The molecular formula is C18H30N2O. The molecule has 0 bridgehead atoms. The largest absolute Gasteiger partial charge is 0.492 e. The summed E-state index contributed by atoms with van der Waals surface area (Å²) in [5, 5.41) is 3.75. The third kappa shape index (κ3) is 3.78. The van der Waals surface area contributed by atoms with Gasteiger partial charge < -0.3 is 10.1 Å². The second kappa shape index (κ2) is 7.81. The summed E-state index contributed by atoms with van der Waals surface area (Å²) in [6.07, 6.45) is 2.33. The SMILES string of the molecule is CCCNC1c2ccccc2OCC1N(CCC)C(C)C. The molecule has 1 aromatic carbocycles. The fraction of sp³-hybridized carbons (Fsp3) is 0.667. The summed E-state index contributed by atoms with van der Waals surface area (Å²) in [6.45, 7) is 12.0. The monoisotopic (exact) mass is 290 g/mol. The smallest absolute Gasteiger partial charge is 0.124 e. The van der Waals surface area contributed by atoms with Crippen LogP contribution >= 0.6 is 0 Å². The number of ether oxygens (including phenoxy) is 1. The Morgan fingerprint density at radius 2 is 2.00 bits per heavy atom. The molecule has 0 saturated carbocycles. The average Bonchev–Trinajstić information content (AvgIpc) is 2.50. The van der Waals surface area contributed by atoms with Crippen molar-refractivity contribution in [2.45, 2.75) is 58.7 Å². The molecule has 0 aliphatic carbocycles. The third-order valence-electron chi connectivity index (χ3n) is 4.23. The number of fused-ring (bicyclic) bond motifs is 1. The summed E-state index contributed by atoms with van der Waals surface area (Å²) >= 11 is 0. The van der Waals surface area contributed by atoms with E-state index in [4.69, 9.17) is 4.74 Å². The van der Waals surface area contributed by atoms with Crippen LogP contribution in [0.15, 0.2) is 24.3 Å². The van der Waals surface area contributed by atoms with Crippen LogP contribution in [0.5, 0.6) is 5.75 Å². The average molecular weight is 290 g/mol. The van der Waals surface area contributed by atoms with Crippen LogP contribution in [0.4, 0.5) is 0 Å². The van der Waals surface area contributed by atoms with Gasteiger partial charge in [0.1, 0.15) is 12.4 Å². The maximum Gasteiger partial charge on any atom is 0.124 e. The minimum atomic E-state index is 0.365. The molecule has 0 spiro atoms. The topological polar surface area (TPSA) is 24.5 Å². The highest BCUT2D eigenvalue weighted by atomic mass is 16.5. The Morgan fingerprint density at radius 1 is 1.24 bits per heavy atom. The number of para-hydroxylation sites is 1. The zero-order chi connectivity index (χ0) is 15.2. The molecule has 1 aromatic rings. The zero-order valence-corrected chi connectivity index (χ0v) is 13.9. The van der Waals surface area contributed by atoms with Crippen molar-refractivity contribution in [2.75, 3.05) is 19.7 Å². The third-order valence-corrected chi connectivity index (χ3v) is 4.23. The van der Waals surface area contributed by atoms with Crippen molar-refractivity contribution in [1.82, 2.24) is 10.2 Å². The van der Waals surface area contributed by atoms with Crippen molar-refractivity contribution in [1.29, 1.82) is 0 Å². The van der Waals surface area contributed by atoms with Crippen LogP contribution in [0.3, 0.4) is 0 Å². The molecule has 118 valence electrons. The second-order valence-electron chi connectivity index (χ2n) is 6.18. The molecule has 1 heterocycles. The van der Waals surface area contributed by atoms with Crippen molar-refractivity contribution < 1.29 is 4.74 Å². The quantitative estimate of drug-likeness (QED) is 0.830. The lowest BCUT2D eigenvalue weighted by Gasteiger charge is -2.43. The lowest BCUT2D eigenvalue weighted by atomic mass is 9.94. The fourth-order valence-corrected chi connectivity index (χ4v) is 3.25. The van der Waals surface area contributed by atoms with E-state index in [1.807, 2.05) is 0 Å². The number of benzene rings is 1. The number of rotatable bonds is 7. The molecule has 1 aliphatic rings. The summed E-state index contributed by atoms with van der Waals surface area (Å²) in [6, 6.07) is 9.78. The van der Waals surface area contributed by atoms with Gasteiger partial charge in [0.15, 0.2) is 0 Å². The van der Waals surface area contributed by atoms with E-state index in [1.54, 1.807) is 0 Å². The van der Waals surface area contributed by atoms with Crippen molar-refractivity contribution >= 4 is 0 Å². The molecule has 0 saturated heterocycles. The van der Waals surface area contributed by atoms with Crippen LogP contribution in [0.2, 0.25) is 0 Å². The molecule has 2 rings (SSSR count). The molecule has 2 atom stereocenters. The molecule has 0 fully saturated rings. The highest BCUT2D eigenvalue weighted by Crippen LogP contribution is 2.34. The first-order valence-corrected chi connectivity index (χ1v) is 8.39. The van der Waals surface area contributed by atoms with E-state index in [1.165, 1.54) is 12.0 Å². The van der Waals surface area contributed by atoms with Crippen LogP contribution in [-0.4, -0.2) is 36.7 Å². The van der Waals surface area contributed by atoms with Crippen molar-refractivity contribution in [3.63, 3.8) is 0 Å². The minimum absolute atomic E-state index is 0.365. The molecule has 0 aromatic heterocycles. The van der Waals surface area contributed by atoms with Crippen LogP contribution in [0.1, 0.15) is 52.1 Å². The summed E-state index contributed by atoms with van der Waals surface area (Å²) in [4.78, 5) is 2.59. The van der Waals surface area contributed by atoms with Gasteiger partial charge in [-0.15, -0.1) is 0 Å². The van der Waals surface area contributed by atoms with Crippen molar-refractivity contribution in [2.24, 2.45) is 0 Å². The van der Waals surface area contributed by atoms with Gasteiger partial charge in [-0.25, -0.2) is 0 Å². The maximum absolute atomic E-state index is 6.04. The minimum Gasteiger partial charge on any atom is -0.492 e. The normalized spacial score (nSPS) is 21.4. The van der Waals surface area contributed by atoms with Gasteiger partial charge in [-0.2, -0.15) is 0 Å². The Morgan fingerprint density at radius 3 is 2.67 bits per heavy atom. The lowest BCUT2D eigenvalue weighted by Crippen LogP contribution is -2.53. The van der Waals surface area contributed by atoms with E-state index >= 15 is 0 Å². The predicted molar refractivity (Wildman–Crippen MR) is 88.9 cm³/mol. The van der Waals surface area contributed by atoms with Gasteiger partial charge >= 0.3 is 0 Å². The number of hydrogen-bond acceptors (Lipinski definition) is 3. The van der Waals surface area contributed by atoms with Gasteiger partial charge in [0, 0.05) is 11.6 Å². The molecule has 0 amide bonds. The predicted octanol–water partition coefficient (Wildman–Crippen LogP) is 3.61. The van der Waals surface area contributed by atoms with Crippen LogP contribution in [-0.2, 0) is 0 Å². The Balaban J connectivity index is 2.27. The van der Waals surface area contributed by atoms with Gasteiger partial charge in [0.2, 0.25) is 0 Å². The first-order chi connectivity index (χ1) is 10.2. The van der Waals surface area contributed by atoms with Gasteiger partial charge in [-0.05, 0) is 45.8 Å². The van der Waals surface area contributed by atoms with E-state index in [0.717, 1.165) is 31.9 Å². The van der Waals surface area contributed by atoms with Gasteiger partial charge in [0.05, 0.1) is 12.1 Å². The summed E-state index contributed by atoms with van der Waals surface area (Å²) < 4.78 is 6.04. The maximum atomic E-state index is 6.04. The molecule has 3 heteroatoms. The Kier molecular flexibility index (Phi) is 6.07. The molecule has 2 unspecified atom stereocenters. The van der Waals surface area contributed by atoms with Gasteiger partial charge in [-0.3, -0.25) is 4.90 Å². The second-order valence-corrected chi connectivity index (χ2v) is 6.18. The van der Waals surface area contributed by atoms with Crippen molar-refractivity contribution in [3.05, 3.63) is 29.8 Å². The number of nitrogens with zero attached hydrogens (tertiary/aromatic N) is 1. The standard InChI is InChI=1S/C18H30N2O/c1-5-11-19-18-15-9-7-8-10-17(15)21-13-16(18)20(12-6-2)14(3)4/h7-10,14,16,18-19H,5-6,11-13H2,1-4H3. The highest BCUT2D eigenvalue weighted by Gasteiger charge is 2.35.